The van der Waals surface area contributed by atoms with Crippen LogP contribution < -0.4 is 10.5 Å². The summed E-state index contributed by atoms with van der Waals surface area (Å²) in [7, 11) is -3.94. The van der Waals surface area contributed by atoms with Crippen LogP contribution in [-0.4, -0.2) is 19.4 Å². The average molecular weight is 311 g/mol. The van der Waals surface area contributed by atoms with Gasteiger partial charge >= 0.3 is 0 Å². The van der Waals surface area contributed by atoms with Crippen molar-refractivity contribution >= 4 is 21.4 Å². The first-order chi connectivity index (χ1) is 9.87. The van der Waals surface area contributed by atoms with Crippen molar-refractivity contribution in [1.29, 1.82) is 0 Å². The molecule has 0 amide bonds. The van der Waals surface area contributed by atoms with E-state index in [0.717, 1.165) is 37.8 Å². The maximum atomic E-state index is 12.5. The van der Waals surface area contributed by atoms with Crippen molar-refractivity contribution in [3.8, 4) is 0 Å². The normalized spacial score (nSPS) is 27.9. The fraction of sp³-hybridized carbons (Fsp3) is 0.538. The average Bonchev–Trinajstić information content (AvgIpc) is 3.00. The third-order valence-corrected chi connectivity index (χ3v) is 6.03. The zero-order valence-electron chi connectivity index (χ0n) is 11.4. The third-order valence-electron chi connectivity index (χ3n) is 4.51. The molecule has 0 saturated heterocycles. The molecule has 2 bridgehead atoms. The number of hydrogen-bond acceptors (Lipinski definition) is 5. The van der Waals surface area contributed by atoms with E-state index < -0.39 is 20.6 Å². The van der Waals surface area contributed by atoms with Crippen LogP contribution in [-0.2, 0) is 10.0 Å². The van der Waals surface area contributed by atoms with Crippen molar-refractivity contribution in [3.63, 3.8) is 0 Å². The van der Waals surface area contributed by atoms with E-state index in [1.165, 1.54) is 6.07 Å². The number of fused-ring (bicyclic) bond motifs is 2. The first-order valence-electron chi connectivity index (χ1n) is 6.93. The van der Waals surface area contributed by atoms with Gasteiger partial charge in [-0.1, -0.05) is 6.42 Å². The number of nitrogens with two attached hydrogens (primary N) is 1. The van der Waals surface area contributed by atoms with Gasteiger partial charge in [0.25, 0.3) is 5.69 Å². The van der Waals surface area contributed by atoms with Crippen LogP contribution >= 0.6 is 0 Å². The molecular weight excluding hydrogens is 294 g/mol. The Hall–Kier alpha value is -1.67. The van der Waals surface area contributed by atoms with Gasteiger partial charge in [0.2, 0.25) is 10.0 Å². The minimum absolute atomic E-state index is 0.116. The SMILES string of the molecule is Nc1ccc([N+](=O)[O-])c(S(=O)(=O)NC2CC3CCC2C3)c1. The first kappa shape index (κ1) is 14.3. The molecule has 0 spiro atoms. The van der Waals surface area contributed by atoms with E-state index in [1.807, 2.05) is 0 Å². The predicted molar refractivity (Wildman–Crippen MR) is 77.1 cm³/mol. The maximum absolute atomic E-state index is 12.5. The van der Waals surface area contributed by atoms with Crippen LogP contribution in [0.4, 0.5) is 11.4 Å². The van der Waals surface area contributed by atoms with Gasteiger partial charge in [-0.25, -0.2) is 13.1 Å². The second-order valence-electron chi connectivity index (χ2n) is 5.89. The molecule has 1 aromatic carbocycles. The summed E-state index contributed by atoms with van der Waals surface area (Å²) in [6.07, 6.45) is 4.05. The van der Waals surface area contributed by atoms with Crippen LogP contribution in [0.1, 0.15) is 25.7 Å². The van der Waals surface area contributed by atoms with Gasteiger partial charge < -0.3 is 5.73 Å². The highest BCUT2D eigenvalue weighted by Gasteiger charge is 2.42. The summed E-state index contributed by atoms with van der Waals surface area (Å²) >= 11 is 0. The molecule has 3 unspecified atom stereocenters. The first-order valence-corrected chi connectivity index (χ1v) is 8.41. The van der Waals surface area contributed by atoms with Crippen molar-refractivity contribution in [2.45, 2.75) is 36.6 Å². The van der Waals surface area contributed by atoms with Gasteiger partial charge in [-0.05, 0) is 43.2 Å². The molecule has 2 fully saturated rings. The molecule has 0 heterocycles. The molecule has 2 saturated carbocycles. The highest BCUT2D eigenvalue weighted by molar-refractivity contribution is 7.89. The zero-order valence-corrected chi connectivity index (χ0v) is 12.2. The number of nitrogens with one attached hydrogen (secondary N) is 1. The second kappa shape index (κ2) is 4.96. The predicted octanol–water partition coefficient (Wildman–Crippen LogP) is 1.64. The molecule has 8 heteroatoms. The van der Waals surface area contributed by atoms with E-state index in [0.29, 0.717) is 11.8 Å². The summed E-state index contributed by atoms with van der Waals surface area (Å²) in [5.41, 5.74) is 5.32. The van der Waals surface area contributed by atoms with E-state index in [9.17, 15) is 18.5 Å². The highest BCUT2D eigenvalue weighted by atomic mass is 32.2. The lowest BCUT2D eigenvalue weighted by molar-refractivity contribution is -0.387. The largest absolute Gasteiger partial charge is 0.399 e. The van der Waals surface area contributed by atoms with E-state index >= 15 is 0 Å². The van der Waals surface area contributed by atoms with Crippen LogP contribution in [0.3, 0.4) is 0 Å². The van der Waals surface area contributed by atoms with Crippen molar-refractivity contribution in [2.75, 3.05) is 5.73 Å². The summed E-state index contributed by atoms with van der Waals surface area (Å²) in [4.78, 5) is 9.97. The Morgan fingerprint density at radius 2 is 2.05 bits per heavy atom. The van der Waals surface area contributed by atoms with E-state index in [-0.39, 0.29) is 16.6 Å². The van der Waals surface area contributed by atoms with Gasteiger partial charge in [0.15, 0.2) is 4.90 Å². The Kier molecular flexibility index (Phi) is 3.37. The molecule has 0 radical (unpaired) electrons. The summed E-state index contributed by atoms with van der Waals surface area (Å²) < 4.78 is 27.6. The minimum atomic E-state index is -3.94. The number of benzene rings is 1. The molecule has 0 aromatic heterocycles. The number of nitro groups is 1. The van der Waals surface area contributed by atoms with Crippen LogP contribution in [0.25, 0.3) is 0 Å². The smallest absolute Gasteiger partial charge is 0.289 e. The summed E-state index contributed by atoms with van der Waals surface area (Å²) in [5.74, 6) is 0.934. The minimum Gasteiger partial charge on any atom is -0.399 e. The van der Waals surface area contributed by atoms with Crippen molar-refractivity contribution in [3.05, 3.63) is 28.3 Å². The van der Waals surface area contributed by atoms with Gasteiger partial charge in [-0.15, -0.1) is 0 Å². The van der Waals surface area contributed by atoms with Gasteiger partial charge in [0.05, 0.1) is 4.92 Å². The Labute approximate surface area is 122 Å². The van der Waals surface area contributed by atoms with Gasteiger partial charge in [-0.3, -0.25) is 10.1 Å². The topological polar surface area (TPSA) is 115 Å². The summed E-state index contributed by atoms with van der Waals surface area (Å²) in [6, 6.07) is 3.49. The fourth-order valence-corrected chi connectivity index (χ4v) is 5.07. The van der Waals surface area contributed by atoms with Crippen molar-refractivity contribution < 1.29 is 13.3 Å². The van der Waals surface area contributed by atoms with E-state index in [2.05, 4.69) is 4.72 Å². The molecule has 3 rings (SSSR count). The summed E-state index contributed by atoms with van der Waals surface area (Å²) in [5, 5.41) is 11.0. The lowest BCUT2D eigenvalue weighted by Crippen LogP contribution is -2.38. The zero-order chi connectivity index (χ0) is 15.2. The number of sulfonamides is 1. The highest BCUT2D eigenvalue weighted by Crippen LogP contribution is 2.45. The Morgan fingerprint density at radius 1 is 1.29 bits per heavy atom. The number of rotatable bonds is 4. The standard InChI is InChI=1S/C13H17N3O4S/c14-10-3-4-12(16(17)18)13(7-10)21(19,20)15-11-6-8-1-2-9(11)5-8/h3-4,7-9,11,15H,1-2,5-6,14H2. The molecule has 0 aliphatic heterocycles. The van der Waals surface area contributed by atoms with Crippen molar-refractivity contribution in [1.82, 2.24) is 4.72 Å². The molecule has 1 aromatic rings. The monoisotopic (exact) mass is 311 g/mol. The maximum Gasteiger partial charge on any atom is 0.289 e. The van der Waals surface area contributed by atoms with Gasteiger partial charge in [-0.2, -0.15) is 0 Å². The number of hydrogen-bond donors (Lipinski definition) is 2. The number of nitrogens with zero attached hydrogens (tertiary/aromatic N) is 1. The molecular formula is C13H17N3O4S. The van der Waals surface area contributed by atoms with Crippen LogP contribution in [0.5, 0.6) is 0 Å². The lowest BCUT2D eigenvalue weighted by atomic mass is 9.96. The lowest BCUT2D eigenvalue weighted by Gasteiger charge is -2.22. The Morgan fingerprint density at radius 3 is 2.62 bits per heavy atom. The molecule has 3 atom stereocenters. The second-order valence-corrected chi connectivity index (χ2v) is 7.57. The van der Waals surface area contributed by atoms with Crippen LogP contribution in [0, 0.1) is 22.0 Å². The molecule has 114 valence electrons. The molecule has 21 heavy (non-hydrogen) atoms. The van der Waals surface area contributed by atoms with Crippen LogP contribution in [0.2, 0.25) is 0 Å². The third kappa shape index (κ3) is 2.60. The summed E-state index contributed by atoms with van der Waals surface area (Å²) in [6.45, 7) is 0. The Bertz CT molecular complexity index is 689. The molecule has 2 aliphatic carbocycles. The fourth-order valence-electron chi connectivity index (χ4n) is 3.55. The number of nitro benzene ring substituents is 1. The van der Waals surface area contributed by atoms with Gasteiger partial charge in [0.1, 0.15) is 0 Å². The van der Waals surface area contributed by atoms with Crippen LogP contribution in [0.15, 0.2) is 23.1 Å². The number of anilines is 1. The Balaban J connectivity index is 1.91. The van der Waals surface area contributed by atoms with E-state index in [1.54, 1.807) is 0 Å². The quantitative estimate of drug-likeness (QED) is 0.498. The molecule has 7 nitrogen and oxygen atoms in total. The van der Waals surface area contributed by atoms with Gasteiger partial charge in [0, 0.05) is 17.8 Å². The molecule has 3 N–H and O–H groups in total. The molecule has 2 aliphatic rings. The van der Waals surface area contributed by atoms with Crippen molar-refractivity contribution in [2.24, 2.45) is 11.8 Å². The number of nitrogen functional groups attached to an aromatic ring is 1. The van der Waals surface area contributed by atoms with E-state index in [4.69, 9.17) is 5.73 Å².